The molecule has 0 spiro atoms. The first-order chi connectivity index (χ1) is 9.56. The van der Waals surface area contributed by atoms with Crippen molar-refractivity contribution in [3.63, 3.8) is 0 Å². The van der Waals surface area contributed by atoms with E-state index in [1.807, 2.05) is 0 Å². The highest BCUT2D eigenvalue weighted by molar-refractivity contribution is 5.70. The molecule has 1 aliphatic heterocycles. The number of hydrogen-bond donors (Lipinski definition) is 2. The number of aliphatic carboxylic acids is 1. The van der Waals surface area contributed by atoms with Crippen molar-refractivity contribution in [2.75, 3.05) is 20.8 Å². The van der Waals surface area contributed by atoms with Crippen molar-refractivity contribution >= 4 is 5.97 Å². The summed E-state index contributed by atoms with van der Waals surface area (Å²) in [5.74, 6) is -1.30. The number of benzene rings is 1. The molecule has 1 aromatic carbocycles. The van der Waals surface area contributed by atoms with E-state index in [0.29, 0.717) is 30.9 Å². The van der Waals surface area contributed by atoms with Crippen LogP contribution in [0.1, 0.15) is 23.6 Å². The smallest absolute Gasteiger partial charge is 0.307 e. The van der Waals surface area contributed by atoms with E-state index in [1.165, 1.54) is 13.2 Å². The van der Waals surface area contributed by atoms with Crippen LogP contribution in [0.5, 0.6) is 5.75 Å². The summed E-state index contributed by atoms with van der Waals surface area (Å²) in [6, 6.07) is 2.71. The first-order valence-corrected chi connectivity index (χ1v) is 6.38. The molecule has 2 atom stereocenters. The second kappa shape index (κ2) is 6.19. The summed E-state index contributed by atoms with van der Waals surface area (Å²) in [6.45, 7) is 0.663. The summed E-state index contributed by atoms with van der Waals surface area (Å²) in [4.78, 5) is 11.0. The highest BCUT2D eigenvalue weighted by Gasteiger charge is 2.32. The molecule has 1 aromatic rings. The summed E-state index contributed by atoms with van der Waals surface area (Å²) in [5.41, 5.74) is 1.20. The van der Waals surface area contributed by atoms with Gasteiger partial charge < -0.3 is 19.9 Å². The molecule has 1 aliphatic rings. The average Bonchev–Trinajstić information content (AvgIpc) is 2.90. The van der Waals surface area contributed by atoms with Crippen LogP contribution in [0.4, 0.5) is 4.39 Å². The van der Waals surface area contributed by atoms with Crippen molar-refractivity contribution in [1.29, 1.82) is 0 Å². The van der Waals surface area contributed by atoms with Gasteiger partial charge in [-0.1, -0.05) is 0 Å². The zero-order valence-corrected chi connectivity index (χ0v) is 11.5. The zero-order valence-electron chi connectivity index (χ0n) is 11.5. The number of carboxylic acid groups (broad SMARTS) is 1. The Labute approximate surface area is 116 Å². The van der Waals surface area contributed by atoms with E-state index >= 15 is 0 Å². The average molecular weight is 283 g/mol. The van der Waals surface area contributed by atoms with Crippen molar-refractivity contribution < 1.29 is 23.8 Å². The SMILES string of the molecule is COCc1cc(C2CC(C(=O)O)CN2)c(F)cc1OC. The molecular weight excluding hydrogens is 265 g/mol. The fourth-order valence-electron chi connectivity index (χ4n) is 2.51. The van der Waals surface area contributed by atoms with Gasteiger partial charge in [-0.3, -0.25) is 4.79 Å². The first-order valence-electron chi connectivity index (χ1n) is 6.38. The van der Waals surface area contributed by atoms with Gasteiger partial charge in [0.2, 0.25) is 0 Å². The third-order valence-electron chi connectivity index (χ3n) is 3.56. The Morgan fingerprint density at radius 3 is 2.80 bits per heavy atom. The maximum Gasteiger partial charge on any atom is 0.307 e. The molecule has 20 heavy (non-hydrogen) atoms. The number of carbonyl (C=O) groups is 1. The number of halogens is 1. The summed E-state index contributed by atoms with van der Waals surface area (Å²) in [7, 11) is 3.03. The van der Waals surface area contributed by atoms with Crippen LogP contribution >= 0.6 is 0 Å². The molecule has 2 N–H and O–H groups in total. The van der Waals surface area contributed by atoms with E-state index in [2.05, 4.69) is 5.32 Å². The molecule has 0 bridgehead atoms. The minimum atomic E-state index is -0.856. The lowest BCUT2D eigenvalue weighted by atomic mass is 9.98. The topological polar surface area (TPSA) is 67.8 Å². The van der Waals surface area contributed by atoms with Gasteiger partial charge in [-0.25, -0.2) is 4.39 Å². The maximum absolute atomic E-state index is 14.1. The highest BCUT2D eigenvalue weighted by Crippen LogP contribution is 2.33. The number of methoxy groups -OCH3 is 2. The van der Waals surface area contributed by atoms with Crippen LogP contribution in [0.15, 0.2) is 12.1 Å². The minimum absolute atomic E-state index is 0.294. The first kappa shape index (κ1) is 14.7. The van der Waals surface area contributed by atoms with Crippen molar-refractivity contribution in [3.05, 3.63) is 29.1 Å². The van der Waals surface area contributed by atoms with Gasteiger partial charge >= 0.3 is 5.97 Å². The normalized spacial score (nSPS) is 21.9. The van der Waals surface area contributed by atoms with Gasteiger partial charge in [0.15, 0.2) is 0 Å². The van der Waals surface area contributed by atoms with Crippen LogP contribution in [0, 0.1) is 11.7 Å². The van der Waals surface area contributed by atoms with Crippen molar-refractivity contribution in [1.82, 2.24) is 5.32 Å². The predicted molar refractivity (Wildman–Crippen MR) is 70.2 cm³/mol. The van der Waals surface area contributed by atoms with Gasteiger partial charge in [0.25, 0.3) is 0 Å². The van der Waals surface area contributed by atoms with Crippen LogP contribution in [-0.4, -0.2) is 31.8 Å². The van der Waals surface area contributed by atoms with Gasteiger partial charge in [0.1, 0.15) is 11.6 Å². The van der Waals surface area contributed by atoms with Gasteiger partial charge in [0.05, 0.1) is 19.6 Å². The molecule has 110 valence electrons. The van der Waals surface area contributed by atoms with E-state index in [-0.39, 0.29) is 6.04 Å². The Morgan fingerprint density at radius 2 is 2.25 bits per heavy atom. The number of ether oxygens (including phenoxy) is 2. The van der Waals surface area contributed by atoms with Gasteiger partial charge in [-0.2, -0.15) is 0 Å². The van der Waals surface area contributed by atoms with E-state index in [9.17, 15) is 9.18 Å². The molecular formula is C14H18FNO4. The van der Waals surface area contributed by atoms with Crippen molar-refractivity contribution in [3.8, 4) is 5.75 Å². The Bertz CT molecular complexity index is 506. The summed E-state index contributed by atoms with van der Waals surface area (Å²) >= 11 is 0. The molecule has 2 rings (SSSR count). The lowest BCUT2D eigenvalue weighted by Gasteiger charge is -2.16. The Kier molecular flexibility index (Phi) is 4.57. The number of hydrogen-bond acceptors (Lipinski definition) is 4. The van der Waals surface area contributed by atoms with Crippen LogP contribution in [0.3, 0.4) is 0 Å². The number of rotatable bonds is 5. The molecule has 5 nitrogen and oxygen atoms in total. The largest absolute Gasteiger partial charge is 0.496 e. The standard InChI is InChI=1S/C14H18FNO4/c1-19-7-9-3-10(11(15)5-13(9)20-2)12-4-8(6-16-12)14(17)18/h3,5,8,12,16H,4,6-7H2,1-2H3,(H,17,18). The quantitative estimate of drug-likeness (QED) is 0.861. The van der Waals surface area contributed by atoms with E-state index in [4.69, 9.17) is 14.6 Å². The van der Waals surface area contributed by atoms with Gasteiger partial charge in [0, 0.05) is 36.9 Å². The lowest BCUT2D eigenvalue weighted by Crippen LogP contribution is -2.18. The predicted octanol–water partition coefficient (Wildman–Crippen LogP) is 1.72. The molecule has 1 heterocycles. The fourth-order valence-corrected chi connectivity index (χ4v) is 2.51. The molecule has 0 saturated carbocycles. The molecule has 0 aliphatic carbocycles. The Hall–Kier alpha value is -1.66. The van der Waals surface area contributed by atoms with Gasteiger partial charge in [-0.15, -0.1) is 0 Å². The third-order valence-corrected chi connectivity index (χ3v) is 3.56. The van der Waals surface area contributed by atoms with Gasteiger partial charge in [-0.05, 0) is 12.5 Å². The lowest BCUT2D eigenvalue weighted by molar-refractivity contribution is -0.141. The van der Waals surface area contributed by atoms with Crippen LogP contribution < -0.4 is 10.1 Å². The molecule has 1 fully saturated rings. The zero-order chi connectivity index (χ0) is 14.7. The van der Waals surface area contributed by atoms with Crippen molar-refractivity contribution in [2.45, 2.75) is 19.1 Å². The highest BCUT2D eigenvalue weighted by atomic mass is 19.1. The molecule has 1 saturated heterocycles. The summed E-state index contributed by atoms with van der Waals surface area (Å²) < 4.78 is 24.3. The van der Waals surface area contributed by atoms with Crippen LogP contribution in [-0.2, 0) is 16.1 Å². The monoisotopic (exact) mass is 283 g/mol. The Balaban J connectivity index is 2.28. The second-order valence-corrected chi connectivity index (χ2v) is 4.85. The fraction of sp³-hybridized carbons (Fsp3) is 0.500. The number of nitrogens with one attached hydrogen (secondary N) is 1. The van der Waals surface area contributed by atoms with Crippen LogP contribution in [0.2, 0.25) is 0 Å². The van der Waals surface area contributed by atoms with Crippen LogP contribution in [0.25, 0.3) is 0 Å². The summed E-state index contributed by atoms with van der Waals surface area (Å²) in [5, 5.41) is 12.0. The molecule has 0 aromatic heterocycles. The molecule has 0 radical (unpaired) electrons. The van der Waals surface area contributed by atoms with Crippen molar-refractivity contribution in [2.24, 2.45) is 5.92 Å². The third kappa shape index (κ3) is 2.91. The minimum Gasteiger partial charge on any atom is -0.496 e. The second-order valence-electron chi connectivity index (χ2n) is 4.85. The molecule has 6 heteroatoms. The van der Waals surface area contributed by atoms with E-state index in [1.54, 1.807) is 13.2 Å². The maximum atomic E-state index is 14.1. The molecule has 0 amide bonds. The molecule has 2 unspecified atom stereocenters. The summed E-state index contributed by atoms with van der Waals surface area (Å²) in [6.07, 6.45) is 0.380. The number of carboxylic acids is 1. The van der Waals surface area contributed by atoms with E-state index in [0.717, 1.165) is 5.56 Å². The Morgan fingerprint density at radius 1 is 1.50 bits per heavy atom. The van der Waals surface area contributed by atoms with E-state index < -0.39 is 17.7 Å².